The number of aliphatic carboxylic acids is 1. The van der Waals surface area contributed by atoms with E-state index in [4.69, 9.17) is 10.8 Å². The van der Waals surface area contributed by atoms with Crippen LogP contribution < -0.4 is 11.1 Å². The van der Waals surface area contributed by atoms with Crippen LogP contribution in [0.4, 0.5) is 0 Å². The second-order valence-corrected chi connectivity index (χ2v) is 5.69. The van der Waals surface area contributed by atoms with Crippen LogP contribution in [-0.4, -0.2) is 29.6 Å². The second-order valence-electron chi connectivity index (χ2n) is 5.69. The Kier molecular flexibility index (Phi) is 8.22. The van der Waals surface area contributed by atoms with Crippen molar-refractivity contribution in [2.45, 2.75) is 51.5 Å². The average Bonchev–Trinajstić information content (AvgIpc) is 2.45. The lowest BCUT2D eigenvalue weighted by Gasteiger charge is -2.09. The first-order chi connectivity index (χ1) is 10.5. The zero-order valence-corrected chi connectivity index (χ0v) is 13.2. The zero-order chi connectivity index (χ0) is 16.4. The summed E-state index contributed by atoms with van der Waals surface area (Å²) >= 11 is 0. The second kappa shape index (κ2) is 9.95. The molecule has 1 amide bonds. The van der Waals surface area contributed by atoms with Gasteiger partial charge in [0, 0.05) is 19.0 Å². The van der Waals surface area contributed by atoms with Crippen LogP contribution in [0.2, 0.25) is 0 Å². The van der Waals surface area contributed by atoms with E-state index in [1.165, 1.54) is 11.1 Å². The van der Waals surface area contributed by atoms with Crippen LogP contribution in [-0.2, 0) is 16.0 Å². The number of hydrogen-bond acceptors (Lipinski definition) is 3. The van der Waals surface area contributed by atoms with E-state index in [2.05, 4.69) is 36.5 Å². The van der Waals surface area contributed by atoms with Gasteiger partial charge in [-0.3, -0.25) is 9.59 Å². The SMILES string of the molecule is Cc1ccc(CCCC(=O)NCCCC(N)CC(=O)O)cc1. The molecule has 22 heavy (non-hydrogen) atoms. The number of nitrogens with one attached hydrogen (secondary N) is 1. The fourth-order valence-corrected chi connectivity index (χ4v) is 2.21. The van der Waals surface area contributed by atoms with Gasteiger partial charge in [0.25, 0.3) is 0 Å². The molecule has 0 radical (unpaired) electrons. The molecule has 1 rings (SSSR count). The lowest BCUT2D eigenvalue weighted by molar-refractivity contribution is -0.137. The maximum Gasteiger partial charge on any atom is 0.304 e. The van der Waals surface area contributed by atoms with Gasteiger partial charge in [0.1, 0.15) is 0 Å². The molecule has 0 saturated carbocycles. The van der Waals surface area contributed by atoms with Crippen LogP contribution >= 0.6 is 0 Å². The van der Waals surface area contributed by atoms with Crippen molar-refractivity contribution < 1.29 is 14.7 Å². The first-order valence-corrected chi connectivity index (χ1v) is 7.77. The Balaban J connectivity index is 2.06. The molecular weight excluding hydrogens is 280 g/mol. The molecule has 0 bridgehead atoms. The number of aryl methyl sites for hydroxylation is 2. The van der Waals surface area contributed by atoms with Gasteiger partial charge >= 0.3 is 5.97 Å². The number of benzene rings is 1. The predicted octanol–water partition coefficient (Wildman–Crippen LogP) is 2.02. The lowest BCUT2D eigenvalue weighted by atomic mass is 10.1. The average molecular weight is 306 g/mol. The standard InChI is InChI=1S/C17H26N2O3/c1-13-7-9-14(10-8-13)4-2-6-16(20)19-11-3-5-15(18)12-17(21)22/h7-10,15H,2-6,11-12,18H2,1H3,(H,19,20)(H,21,22). The van der Waals surface area contributed by atoms with Crippen LogP contribution in [0.25, 0.3) is 0 Å². The number of nitrogens with two attached hydrogens (primary N) is 1. The highest BCUT2D eigenvalue weighted by Crippen LogP contribution is 2.07. The summed E-state index contributed by atoms with van der Waals surface area (Å²) in [6.07, 6.45) is 3.53. The molecule has 0 aliphatic carbocycles. The van der Waals surface area contributed by atoms with E-state index in [1.807, 2.05) is 0 Å². The van der Waals surface area contributed by atoms with E-state index in [9.17, 15) is 9.59 Å². The van der Waals surface area contributed by atoms with Crippen LogP contribution in [0.1, 0.15) is 43.2 Å². The van der Waals surface area contributed by atoms with Crippen LogP contribution in [0.3, 0.4) is 0 Å². The van der Waals surface area contributed by atoms with Crippen LogP contribution in [0.15, 0.2) is 24.3 Å². The summed E-state index contributed by atoms with van der Waals surface area (Å²) in [5, 5.41) is 11.4. The summed E-state index contributed by atoms with van der Waals surface area (Å²) in [6, 6.07) is 8.01. The number of carboxylic acid groups (broad SMARTS) is 1. The van der Waals surface area contributed by atoms with Crippen molar-refractivity contribution in [2.24, 2.45) is 5.73 Å². The quantitative estimate of drug-likeness (QED) is 0.577. The Morgan fingerprint density at radius 2 is 1.91 bits per heavy atom. The summed E-state index contributed by atoms with van der Waals surface area (Å²) in [6.45, 7) is 2.61. The number of carbonyl (C=O) groups is 2. The van der Waals surface area contributed by atoms with Gasteiger partial charge in [-0.15, -0.1) is 0 Å². The number of carbonyl (C=O) groups excluding carboxylic acids is 1. The third kappa shape index (κ3) is 8.42. The molecule has 0 fully saturated rings. The minimum atomic E-state index is -0.882. The Morgan fingerprint density at radius 1 is 1.23 bits per heavy atom. The molecule has 0 saturated heterocycles. The highest BCUT2D eigenvalue weighted by molar-refractivity contribution is 5.75. The van der Waals surface area contributed by atoms with Crippen molar-refractivity contribution in [1.82, 2.24) is 5.32 Å². The molecule has 1 atom stereocenters. The first-order valence-electron chi connectivity index (χ1n) is 7.77. The van der Waals surface area contributed by atoms with Crippen molar-refractivity contribution in [3.05, 3.63) is 35.4 Å². The molecule has 1 aromatic carbocycles. The number of hydrogen-bond donors (Lipinski definition) is 3. The molecule has 0 aromatic heterocycles. The topological polar surface area (TPSA) is 92.4 Å². The summed E-state index contributed by atoms with van der Waals surface area (Å²) in [4.78, 5) is 22.1. The fourth-order valence-electron chi connectivity index (χ4n) is 2.21. The maximum atomic E-state index is 11.7. The van der Waals surface area contributed by atoms with Gasteiger partial charge in [0.15, 0.2) is 0 Å². The van der Waals surface area contributed by atoms with Crippen LogP contribution in [0.5, 0.6) is 0 Å². The van der Waals surface area contributed by atoms with E-state index in [-0.39, 0.29) is 18.4 Å². The summed E-state index contributed by atoms with van der Waals surface area (Å²) in [7, 11) is 0. The molecule has 4 N–H and O–H groups in total. The van der Waals surface area contributed by atoms with E-state index in [0.717, 1.165) is 12.8 Å². The Bertz CT molecular complexity index is 471. The van der Waals surface area contributed by atoms with Gasteiger partial charge in [-0.1, -0.05) is 29.8 Å². The largest absolute Gasteiger partial charge is 0.481 e. The van der Waals surface area contributed by atoms with E-state index in [0.29, 0.717) is 25.8 Å². The highest BCUT2D eigenvalue weighted by Gasteiger charge is 2.08. The van der Waals surface area contributed by atoms with Gasteiger partial charge in [-0.25, -0.2) is 0 Å². The molecule has 5 heteroatoms. The molecule has 1 aromatic rings. The maximum absolute atomic E-state index is 11.7. The molecule has 5 nitrogen and oxygen atoms in total. The van der Waals surface area contributed by atoms with Crippen molar-refractivity contribution in [2.75, 3.05) is 6.54 Å². The van der Waals surface area contributed by atoms with Gasteiger partial charge < -0.3 is 16.2 Å². The first kappa shape index (κ1) is 18.2. The molecule has 122 valence electrons. The number of carboxylic acids is 1. The molecule has 0 spiro atoms. The fraction of sp³-hybridized carbons (Fsp3) is 0.529. The third-order valence-electron chi connectivity index (χ3n) is 3.50. The van der Waals surface area contributed by atoms with Crippen molar-refractivity contribution in [3.8, 4) is 0 Å². The zero-order valence-electron chi connectivity index (χ0n) is 13.2. The highest BCUT2D eigenvalue weighted by atomic mass is 16.4. The summed E-state index contributed by atoms with van der Waals surface area (Å²) in [5.41, 5.74) is 8.14. The minimum Gasteiger partial charge on any atom is -0.481 e. The van der Waals surface area contributed by atoms with Crippen LogP contribution in [0, 0.1) is 6.92 Å². The molecular formula is C17H26N2O3. The normalized spacial score (nSPS) is 11.9. The number of rotatable bonds is 10. The Hall–Kier alpha value is -1.88. The molecule has 1 unspecified atom stereocenters. The van der Waals surface area contributed by atoms with Crippen molar-refractivity contribution in [1.29, 1.82) is 0 Å². The smallest absolute Gasteiger partial charge is 0.304 e. The van der Waals surface area contributed by atoms with Gasteiger partial charge in [-0.2, -0.15) is 0 Å². The summed E-state index contributed by atoms with van der Waals surface area (Å²) < 4.78 is 0. The van der Waals surface area contributed by atoms with Crippen molar-refractivity contribution >= 4 is 11.9 Å². The van der Waals surface area contributed by atoms with Gasteiger partial charge in [0.05, 0.1) is 6.42 Å². The number of amides is 1. The van der Waals surface area contributed by atoms with Gasteiger partial charge in [0.2, 0.25) is 5.91 Å². The third-order valence-corrected chi connectivity index (χ3v) is 3.50. The predicted molar refractivity (Wildman–Crippen MR) is 86.6 cm³/mol. The van der Waals surface area contributed by atoms with Gasteiger partial charge in [-0.05, 0) is 38.2 Å². The van der Waals surface area contributed by atoms with Crippen molar-refractivity contribution in [3.63, 3.8) is 0 Å². The monoisotopic (exact) mass is 306 g/mol. The lowest BCUT2D eigenvalue weighted by Crippen LogP contribution is -2.28. The minimum absolute atomic E-state index is 0.0233. The Morgan fingerprint density at radius 3 is 2.55 bits per heavy atom. The van der Waals surface area contributed by atoms with E-state index < -0.39 is 5.97 Å². The Labute approximate surface area is 131 Å². The molecule has 0 heterocycles. The molecule has 0 aliphatic heterocycles. The molecule has 0 aliphatic rings. The van der Waals surface area contributed by atoms with E-state index >= 15 is 0 Å². The summed E-state index contributed by atoms with van der Waals surface area (Å²) in [5.74, 6) is -0.841. The van der Waals surface area contributed by atoms with E-state index in [1.54, 1.807) is 0 Å².